The molecule has 0 aromatic carbocycles. The fourth-order valence-corrected chi connectivity index (χ4v) is 2.87. The van der Waals surface area contributed by atoms with E-state index in [0.29, 0.717) is 5.95 Å². The smallest absolute Gasteiger partial charge is 0.245 e. The van der Waals surface area contributed by atoms with E-state index in [9.17, 15) is 4.79 Å². The van der Waals surface area contributed by atoms with Crippen molar-refractivity contribution in [3.8, 4) is 0 Å². The topological polar surface area (TPSA) is 77.0 Å². The van der Waals surface area contributed by atoms with Crippen LogP contribution in [0.5, 0.6) is 0 Å². The maximum absolute atomic E-state index is 12.6. The Bertz CT molecular complexity index is 630. The number of nitrogens with zero attached hydrogens (tertiary/aromatic N) is 4. The van der Waals surface area contributed by atoms with E-state index in [2.05, 4.69) is 9.97 Å². The summed E-state index contributed by atoms with van der Waals surface area (Å²) < 4.78 is 1.80. The Morgan fingerprint density at radius 1 is 1.35 bits per heavy atom. The summed E-state index contributed by atoms with van der Waals surface area (Å²) in [5, 5.41) is 0. The van der Waals surface area contributed by atoms with Gasteiger partial charge in [0.2, 0.25) is 11.9 Å². The average Bonchev–Trinajstić information content (AvgIpc) is 2.82. The molecule has 0 saturated carbocycles. The van der Waals surface area contributed by atoms with Crippen LogP contribution in [-0.4, -0.2) is 38.4 Å². The van der Waals surface area contributed by atoms with Crippen LogP contribution in [-0.2, 0) is 4.79 Å². The summed E-state index contributed by atoms with van der Waals surface area (Å²) in [7, 11) is 0. The minimum atomic E-state index is -0.333. The number of nitrogen functional groups attached to an aromatic ring is 1. The van der Waals surface area contributed by atoms with Gasteiger partial charge in [-0.25, -0.2) is 4.98 Å². The lowest BCUT2D eigenvalue weighted by molar-refractivity contribution is -0.135. The zero-order valence-electron chi connectivity index (χ0n) is 11.6. The fraction of sp³-hybridized carbons (Fsp3) is 0.500. The molecule has 1 aliphatic heterocycles. The normalized spacial score (nSPS) is 17.4. The molecule has 1 unspecified atom stereocenters. The first-order chi connectivity index (χ1) is 9.68. The van der Waals surface area contributed by atoms with Gasteiger partial charge in [-0.15, -0.1) is 0 Å². The second kappa shape index (κ2) is 5.11. The van der Waals surface area contributed by atoms with E-state index in [1.54, 1.807) is 17.0 Å². The highest BCUT2D eigenvalue weighted by atomic mass is 16.2. The number of imidazole rings is 1. The number of pyridine rings is 1. The number of carbonyl (C=O) groups excluding carboxylic acids is 1. The third-order valence-corrected chi connectivity index (χ3v) is 3.93. The van der Waals surface area contributed by atoms with Gasteiger partial charge in [0.25, 0.3) is 0 Å². The molecule has 6 nitrogen and oxygen atoms in total. The number of piperidine rings is 1. The van der Waals surface area contributed by atoms with Crippen molar-refractivity contribution >= 4 is 22.9 Å². The molecule has 0 aliphatic carbocycles. The highest BCUT2D eigenvalue weighted by molar-refractivity contribution is 5.85. The second-order valence-corrected chi connectivity index (χ2v) is 5.27. The number of hydrogen-bond acceptors (Lipinski definition) is 4. The minimum absolute atomic E-state index is 0.118. The molecule has 1 saturated heterocycles. The zero-order valence-corrected chi connectivity index (χ0v) is 11.6. The average molecular weight is 273 g/mol. The van der Waals surface area contributed by atoms with Crippen molar-refractivity contribution in [3.05, 3.63) is 18.5 Å². The molecule has 0 radical (unpaired) electrons. The van der Waals surface area contributed by atoms with Gasteiger partial charge in [-0.1, -0.05) is 0 Å². The van der Waals surface area contributed by atoms with Crippen LogP contribution in [0.15, 0.2) is 18.5 Å². The summed E-state index contributed by atoms with van der Waals surface area (Å²) in [6.45, 7) is 3.57. The van der Waals surface area contributed by atoms with Crippen molar-refractivity contribution < 1.29 is 4.79 Å². The Balaban J connectivity index is 1.93. The minimum Gasteiger partial charge on any atom is -0.369 e. The standard InChI is InChI=1S/C14H19N5O/c1-10(13(20)18-7-3-2-4-8-18)19-12-5-6-16-9-11(12)17-14(19)15/h5-6,9-10H,2-4,7-8H2,1H3,(H2,15,17). The SMILES string of the molecule is CC(C(=O)N1CCCCC1)n1c(N)nc2cnccc21. The van der Waals surface area contributed by atoms with E-state index in [4.69, 9.17) is 5.73 Å². The Morgan fingerprint density at radius 3 is 2.85 bits per heavy atom. The Kier molecular flexibility index (Phi) is 3.30. The Morgan fingerprint density at radius 2 is 2.10 bits per heavy atom. The molecule has 0 bridgehead atoms. The number of rotatable bonds is 2. The number of amides is 1. The number of likely N-dealkylation sites (tertiary alicyclic amines) is 1. The molecule has 2 aromatic rings. The van der Waals surface area contributed by atoms with Gasteiger partial charge < -0.3 is 10.6 Å². The number of fused-ring (bicyclic) bond motifs is 1. The number of aromatic nitrogens is 3. The van der Waals surface area contributed by atoms with E-state index in [0.717, 1.165) is 37.0 Å². The van der Waals surface area contributed by atoms with Crippen LogP contribution in [0.4, 0.5) is 5.95 Å². The van der Waals surface area contributed by atoms with Crippen LogP contribution in [0.1, 0.15) is 32.2 Å². The highest BCUT2D eigenvalue weighted by Gasteiger charge is 2.26. The summed E-state index contributed by atoms with van der Waals surface area (Å²) >= 11 is 0. The lowest BCUT2D eigenvalue weighted by Gasteiger charge is -2.30. The molecular weight excluding hydrogens is 254 g/mol. The van der Waals surface area contributed by atoms with Crippen molar-refractivity contribution in [1.29, 1.82) is 0 Å². The maximum Gasteiger partial charge on any atom is 0.245 e. The Labute approximate surface area is 117 Å². The third-order valence-electron chi connectivity index (χ3n) is 3.93. The lowest BCUT2D eigenvalue weighted by atomic mass is 10.1. The van der Waals surface area contributed by atoms with Crippen LogP contribution >= 0.6 is 0 Å². The van der Waals surface area contributed by atoms with Gasteiger partial charge in [-0.05, 0) is 32.3 Å². The molecular formula is C14H19N5O. The van der Waals surface area contributed by atoms with Gasteiger partial charge in [0.1, 0.15) is 11.6 Å². The summed E-state index contributed by atoms with van der Waals surface area (Å²) in [4.78, 5) is 22.8. The van der Waals surface area contributed by atoms with Crippen LogP contribution in [0, 0.1) is 0 Å². The first-order valence-corrected chi connectivity index (χ1v) is 7.04. The summed E-state index contributed by atoms with van der Waals surface area (Å²) in [6, 6.07) is 1.51. The first kappa shape index (κ1) is 12.9. The maximum atomic E-state index is 12.6. The van der Waals surface area contributed by atoms with Crippen molar-refractivity contribution in [1.82, 2.24) is 19.4 Å². The van der Waals surface area contributed by atoms with Gasteiger partial charge in [-0.2, -0.15) is 0 Å². The largest absolute Gasteiger partial charge is 0.369 e. The van der Waals surface area contributed by atoms with E-state index in [1.165, 1.54) is 6.42 Å². The molecule has 2 N–H and O–H groups in total. The lowest BCUT2D eigenvalue weighted by Crippen LogP contribution is -2.39. The highest BCUT2D eigenvalue weighted by Crippen LogP contribution is 2.24. The molecule has 1 atom stereocenters. The Hall–Kier alpha value is -2.11. The van der Waals surface area contributed by atoms with Gasteiger partial charge >= 0.3 is 0 Å². The van der Waals surface area contributed by atoms with Crippen molar-refractivity contribution in [2.75, 3.05) is 18.8 Å². The molecule has 1 amide bonds. The van der Waals surface area contributed by atoms with E-state index >= 15 is 0 Å². The molecule has 0 spiro atoms. The van der Waals surface area contributed by atoms with E-state index in [-0.39, 0.29) is 11.9 Å². The summed E-state index contributed by atoms with van der Waals surface area (Å²) in [6.07, 6.45) is 6.74. The number of carbonyl (C=O) groups is 1. The number of anilines is 1. The van der Waals surface area contributed by atoms with Crippen molar-refractivity contribution in [2.24, 2.45) is 0 Å². The quantitative estimate of drug-likeness (QED) is 0.901. The molecule has 1 aliphatic rings. The number of nitrogens with two attached hydrogens (primary N) is 1. The third kappa shape index (κ3) is 2.11. The molecule has 6 heteroatoms. The summed E-state index contributed by atoms with van der Waals surface area (Å²) in [5.74, 6) is 0.485. The van der Waals surface area contributed by atoms with Gasteiger partial charge in [0.15, 0.2) is 0 Å². The molecule has 3 rings (SSSR count). The molecule has 20 heavy (non-hydrogen) atoms. The van der Waals surface area contributed by atoms with Crippen LogP contribution in [0.3, 0.4) is 0 Å². The predicted molar refractivity (Wildman–Crippen MR) is 77.1 cm³/mol. The molecule has 106 valence electrons. The van der Waals surface area contributed by atoms with Gasteiger partial charge in [0.05, 0.1) is 11.7 Å². The predicted octanol–water partition coefficient (Wildman–Crippen LogP) is 1.59. The molecule has 3 heterocycles. The van der Waals surface area contributed by atoms with E-state index in [1.807, 2.05) is 17.9 Å². The molecule has 2 aromatic heterocycles. The van der Waals surface area contributed by atoms with Crippen molar-refractivity contribution in [3.63, 3.8) is 0 Å². The zero-order chi connectivity index (χ0) is 14.1. The summed E-state index contributed by atoms with van der Waals surface area (Å²) in [5.41, 5.74) is 7.56. The fourth-order valence-electron chi connectivity index (χ4n) is 2.87. The van der Waals surface area contributed by atoms with Crippen LogP contribution in [0.25, 0.3) is 11.0 Å². The van der Waals surface area contributed by atoms with E-state index < -0.39 is 0 Å². The first-order valence-electron chi connectivity index (χ1n) is 7.04. The molecule has 1 fully saturated rings. The van der Waals surface area contributed by atoms with Crippen molar-refractivity contribution in [2.45, 2.75) is 32.2 Å². The van der Waals surface area contributed by atoms with Gasteiger partial charge in [0, 0.05) is 19.3 Å². The monoisotopic (exact) mass is 273 g/mol. The van der Waals surface area contributed by atoms with Crippen LogP contribution < -0.4 is 5.73 Å². The van der Waals surface area contributed by atoms with Gasteiger partial charge in [-0.3, -0.25) is 14.3 Å². The number of hydrogen-bond donors (Lipinski definition) is 1. The van der Waals surface area contributed by atoms with Crippen LogP contribution in [0.2, 0.25) is 0 Å². The second-order valence-electron chi connectivity index (χ2n) is 5.27.